The second-order valence-electron chi connectivity index (χ2n) is 5.88. The number of rotatable bonds is 4. The van der Waals surface area contributed by atoms with Crippen molar-refractivity contribution >= 4 is 11.9 Å². The lowest BCUT2D eigenvalue weighted by Gasteiger charge is -2.38. The average molecular weight is 268 g/mol. The van der Waals surface area contributed by atoms with E-state index in [2.05, 4.69) is 19.2 Å². The molecule has 2 saturated heterocycles. The van der Waals surface area contributed by atoms with Crippen LogP contribution in [-0.4, -0.2) is 60.5 Å². The molecule has 3 amide bonds. The Hall–Kier alpha value is -1.30. The van der Waals surface area contributed by atoms with Crippen LogP contribution in [0.15, 0.2) is 0 Å². The zero-order valence-electron chi connectivity index (χ0n) is 11.8. The van der Waals surface area contributed by atoms with Gasteiger partial charge in [0.1, 0.15) is 0 Å². The van der Waals surface area contributed by atoms with Crippen LogP contribution in [0, 0.1) is 11.8 Å². The summed E-state index contributed by atoms with van der Waals surface area (Å²) in [6.45, 7) is 7.13. The molecular formula is C13H24N4O2. The lowest BCUT2D eigenvalue weighted by atomic mass is 9.95. The Morgan fingerprint density at radius 1 is 1.47 bits per heavy atom. The molecule has 6 heteroatoms. The van der Waals surface area contributed by atoms with E-state index in [1.54, 1.807) is 0 Å². The van der Waals surface area contributed by atoms with Crippen molar-refractivity contribution in [3.05, 3.63) is 0 Å². The van der Waals surface area contributed by atoms with E-state index in [-0.39, 0.29) is 23.9 Å². The third-order valence-corrected chi connectivity index (χ3v) is 3.93. The molecule has 0 bridgehead atoms. The van der Waals surface area contributed by atoms with Gasteiger partial charge < -0.3 is 20.9 Å². The highest BCUT2D eigenvalue weighted by atomic mass is 16.2. The Morgan fingerprint density at radius 2 is 2.21 bits per heavy atom. The molecule has 0 saturated carbocycles. The molecule has 0 aromatic heterocycles. The number of carbonyl (C=O) groups excluding carboxylic acids is 2. The Bertz CT molecular complexity index is 359. The molecule has 19 heavy (non-hydrogen) atoms. The van der Waals surface area contributed by atoms with E-state index in [4.69, 9.17) is 5.73 Å². The van der Waals surface area contributed by atoms with E-state index < -0.39 is 0 Å². The van der Waals surface area contributed by atoms with Crippen LogP contribution in [0.2, 0.25) is 0 Å². The van der Waals surface area contributed by atoms with Crippen LogP contribution in [0.1, 0.15) is 20.3 Å². The molecular weight excluding hydrogens is 244 g/mol. The zero-order valence-corrected chi connectivity index (χ0v) is 11.8. The number of nitrogens with zero attached hydrogens (tertiary/aromatic N) is 2. The highest BCUT2D eigenvalue weighted by Crippen LogP contribution is 2.19. The number of amides is 3. The SMILES string of the molecule is CC(C)CC(CN)C(=O)N1CCN2C(=O)NCC2C1. The largest absolute Gasteiger partial charge is 0.339 e. The van der Waals surface area contributed by atoms with Gasteiger partial charge in [0.25, 0.3) is 0 Å². The lowest BCUT2D eigenvalue weighted by Crippen LogP contribution is -2.55. The molecule has 2 rings (SSSR count). The maximum atomic E-state index is 12.5. The van der Waals surface area contributed by atoms with Gasteiger partial charge in [-0.3, -0.25) is 4.79 Å². The van der Waals surface area contributed by atoms with Crippen LogP contribution < -0.4 is 11.1 Å². The highest BCUT2D eigenvalue weighted by Gasteiger charge is 2.38. The number of nitrogens with two attached hydrogens (primary N) is 1. The van der Waals surface area contributed by atoms with Crippen LogP contribution in [0.25, 0.3) is 0 Å². The van der Waals surface area contributed by atoms with Crippen molar-refractivity contribution in [3.8, 4) is 0 Å². The Kier molecular flexibility index (Phi) is 4.29. The summed E-state index contributed by atoms with van der Waals surface area (Å²) in [5.41, 5.74) is 5.73. The van der Waals surface area contributed by atoms with Gasteiger partial charge in [0.2, 0.25) is 5.91 Å². The van der Waals surface area contributed by atoms with Crippen molar-refractivity contribution < 1.29 is 9.59 Å². The van der Waals surface area contributed by atoms with Crippen molar-refractivity contribution in [2.45, 2.75) is 26.3 Å². The maximum Gasteiger partial charge on any atom is 0.317 e. The summed E-state index contributed by atoms with van der Waals surface area (Å²) in [6, 6.07) is 0.123. The van der Waals surface area contributed by atoms with Gasteiger partial charge in [0.05, 0.1) is 12.0 Å². The summed E-state index contributed by atoms with van der Waals surface area (Å²) in [6.07, 6.45) is 0.831. The summed E-state index contributed by atoms with van der Waals surface area (Å²) >= 11 is 0. The first-order chi connectivity index (χ1) is 9.02. The number of fused-ring (bicyclic) bond motifs is 1. The molecule has 0 aromatic carbocycles. The molecule has 2 aliphatic heterocycles. The Labute approximate surface area is 114 Å². The molecule has 2 aliphatic rings. The first kappa shape index (κ1) is 14.1. The number of urea groups is 1. The normalized spacial score (nSPS) is 24.4. The van der Waals surface area contributed by atoms with Gasteiger partial charge in [-0.15, -0.1) is 0 Å². The number of piperazine rings is 1. The third kappa shape index (κ3) is 3.00. The van der Waals surface area contributed by atoms with E-state index in [9.17, 15) is 9.59 Å². The highest BCUT2D eigenvalue weighted by molar-refractivity contribution is 5.81. The fourth-order valence-electron chi connectivity index (χ4n) is 2.93. The van der Waals surface area contributed by atoms with Crippen LogP contribution in [0.3, 0.4) is 0 Å². The lowest BCUT2D eigenvalue weighted by molar-refractivity contribution is -0.137. The van der Waals surface area contributed by atoms with E-state index in [1.807, 2.05) is 9.80 Å². The monoisotopic (exact) mass is 268 g/mol. The number of carbonyl (C=O) groups is 2. The van der Waals surface area contributed by atoms with Crippen LogP contribution in [0.4, 0.5) is 4.79 Å². The summed E-state index contributed by atoms with van der Waals surface area (Å²) in [5.74, 6) is 0.528. The Morgan fingerprint density at radius 3 is 2.84 bits per heavy atom. The average Bonchev–Trinajstić information content (AvgIpc) is 2.76. The van der Waals surface area contributed by atoms with Gasteiger partial charge in [-0.1, -0.05) is 13.8 Å². The standard InChI is InChI=1S/C13H24N4O2/c1-9(2)5-10(6-14)12(18)16-3-4-17-11(8-16)7-15-13(17)19/h9-11H,3-8,14H2,1-2H3,(H,15,19). The second kappa shape index (κ2) is 5.77. The molecule has 3 N–H and O–H groups in total. The van der Waals surface area contributed by atoms with Crippen LogP contribution >= 0.6 is 0 Å². The first-order valence-electron chi connectivity index (χ1n) is 7.06. The second-order valence-corrected chi connectivity index (χ2v) is 5.88. The van der Waals surface area contributed by atoms with Crippen molar-refractivity contribution in [1.29, 1.82) is 0 Å². The quantitative estimate of drug-likeness (QED) is 0.744. The zero-order chi connectivity index (χ0) is 14.0. The van der Waals surface area contributed by atoms with Crippen LogP contribution in [-0.2, 0) is 4.79 Å². The van der Waals surface area contributed by atoms with E-state index >= 15 is 0 Å². The molecule has 0 aromatic rings. The molecule has 0 aliphatic carbocycles. The third-order valence-electron chi connectivity index (χ3n) is 3.93. The van der Waals surface area contributed by atoms with Crippen molar-refractivity contribution in [3.63, 3.8) is 0 Å². The summed E-state index contributed by atoms with van der Waals surface area (Å²) in [5, 5.41) is 2.82. The molecule has 108 valence electrons. The topological polar surface area (TPSA) is 78.7 Å². The molecule has 0 spiro atoms. The summed E-state index contributed by atoms with van der Waals surface area (Å²) in [4.78, 5) is 27.7. The molecule has 0 radical (unpaired) electrons. The summed E-state index contributed by atoms with van der Waals surface area (Å²) < 4.78 is 0. The minimum atomic E-state index is -0.0865. The number of hydrogen-bond donors (Lipinski definition) is 2. The van der Waals surface area contributed by atoms with Crippen molar-refractivity contribution in [1.82, 2.24) is 15.1 Å². The van der Waals surface area contributed by atoms with E-state index in [1.165, 1.54) is 0 Å². The number of nitrogens with one attached hydrogen (secondary N) is 1. The van der Waals surface area contributed by atoms with Crippen LogP contribution in [0.5, 0.6) is 0 Å². The molecule has 2 heterocycles. The first-order valence-corrected chi connectivity index (χ1v) is 7.06. The predicted octanol–water partition coefficient (Wildman–Crippen LogP) is -0.157. The van der Waals surface area contributed by atoms with Gasteiger partial charge in [-0.2, -0.15) is 0 Å². The van der Waals surface area contributed by atoms with Gasteiger partial charge >= 0.3 is 6.03 Å². The minimum absolute atomic E-state index is 0.00495. The fraction of sp³-hybridized carbons (Fsp3) is 0.846. The maximum absolute atomic E-state index is 12.5. The minimum Gasteiger partial charge on any atom is -0.339 e. The van der Waals surface area contributed by atoms with Crippen molar-refractivity contribution in [2.24, 2.45) is 17.6 Å². The predicted molar refractivity (Wildman–Crippen MR) is 72.5 cm³/mol. The fourth-order valence-corrected chi connectivity index (χ4v) is 2.93. The smallest absolute Gasteiger partial charge is 0.317 e. The summed E-state index contributed by atoms with van der Waals surface area (Å²) in [7, 11) is 0. The Balaban J connectivity index is 1.95. The van der Waals surface area contributed by atoms with Crippen molar-refractivity contribution in [2.75, 3.05) is 32.7 Å². The van der Waals surface area contributed by atoms with Gasteiger partial charge in [-0.25, -0.2) is 4.79 Å². The molecule has 2 atom stereocenters. The molecule has 2 fully saturated rings. The molecule has 6 nitrogen and oxygen atoms in total. The van der Waals surface area contributed by atoms with Gasteiger partial charge in [-0.05, 0) is 12.3 Å². The number of hydrogen-bond acceptors (Lipinski definition) is 3. The van der Waals surface area contributed by atoms with E-state index in [0.717, 1.165) is 6.42 Å². The van der Waals surface area contributed by atoms with E-state index in [0.29, 0.717) is 38.6 Å². The van der Waals surface area contributed by atoms with Gasteiger partial charge in [0, 0.05) is 32.7 Å². The van der Waals surface area contributed by atoms with Gasteiger partial charge in [0.15, 0.2) is 0 Å². The molecule has 2 unspecified atom stereocenters.